The van der Waals surface area contributed by atoms with E-state index >= 15 is 0 Å². The molecule has 1 aliphatic rings. The van der Waals surface area contributed by atoms with Gasteiger partial charge in [0.1, 0.15) is 0 Å². The van der Waals surface area contributed by atoms with Gasteiger partial charge in [-0.15, -0.1) is 0 Å². The van der Waals surface area contributed by atoms with Crippen molar-refractivity contribution in [2.75, 3.05) is 13.1 Å². The molecule has 0 heterocycles. The van der Waals surface area contributed by atoms with Crippen LogP contribution in [0.3, 0.4) is 0 Å². The first-order valence-electron chi connectivity index (χ1n) is 2.91. The van der Waals surface area contributed by atoms with Crippen LogP contribution in [-0.4, -0.2) is 19.1 Å². The molecule has 1 unspecified atom stereocenters. The van der Waals surface area contributed by atoms with E-state index in [0.29, 0.717) is 13.1 Å². The van der Waals surface area contributed by atoms with E-state index in [2.05, 4.69) is 0 Å². The lowest BCUT2D eigenvalue weighted by Gasteiger charge is -2.07. The fourth-order valence-corrected chi connectivity index (χ4v) is 0.932. The van der Waals surface area contributed by atoms with Gasteiger partial charge in [-0.25, -0.2) is 0 Å². The van der Waals surface area contributed by atoms with Crippen LogP contribution in [0.5, 0.6) is 0 Å². The minimum Gasteiger partial charge on any atom is -0.330 e. The summed E-state index contributed by atoms with van der Waals surface area (Å²) in [6, 6.07) is 0.275. The molecule has 1 saturated carbocycles. The Hall–Kier alpha value is -0.120. The second-order valence-electron chi connectivity index (χ2n) is 2.58. The molecule has 1 aliphatic carbocycles. The molecule has 1 rings (SSSR count). The van der Waals surface area contributed by atoms with Gasteiger partial charge in [-0.1, -0.05) is 0 Å². The van der Waals surface area contributed by atoms with Crippen LogP contribution in [0.15, 0.2) is 0 Å². The van der Waals surface area contributed by atoms with Crippen LogP contribution in [0.4, 0.5) is 0 Å². The summed E-state index contributed by atoms with van der Waals surface area (Å²) in [7, 11) is 0. The summed E-state index contributed by atoms with van der Waals surface area (Å²) in [4.78, 5) is 0. The van der Waals surface area contributed by atoms with Gasteiger partial charge in [-0.2, -0.15) is 0 Å². The van der Waals surface area contributed by atoms with Crippen molar-refractivity contribution >= 4 is 0 Å². The molecule has 0 aromatic rings. The van der Waals surface area contributed by atoms with Crippen LogP contribution in [0, 0.1) is 5.41 Å². The Morgan fingerprint density at radius 3 is 1.75 bits per heavy atom. The monoisotopic (exact) mass is 115 g/mol. The van der Waals surface area contributed by atoms with E-state index in [-0.39, 0.29) is 11.5 Å². The molecule has 0 aliphatic heterocycles. The van der Waals surface area contributed by atoms with Crippen LogP contribution in [-0.2, 0) is 0 Å². The zero-order valence-electron chi connectivity index (χ0n) is 4.93. The maximum atomic E-state index is 5.56. The lowest BCUT2D eigenvalue weighted by Crippen LogP contribution is -2.30. The van der Waals surface area contributed by atoms with Crippen molar-refractivity contribution in [3.05, 3.63) is 0 Å². The molecule has 8 heavy (non-hydrogen) atoms. The minimum absolute atomic E-state index is 0.125. The topological polar surface area (TPSA) is 78.1 Å². The molecule has 0 radical (unpaired) electrons. The Kier molecular flexibility index (Phi) is 1.27. The molecule has 0 bridgehead atoms. The van der Waals surface area contributed by atoms with Crippen molar-refractivity contribution in [2.24, 2.45) is 22.6 Å². The van der Waals surface area contributed by atoms with Crippen LogP contribution in [0.25, 0.3) is 0 Å². The van der Waals surface area contributed by atoms with E-state index in [1.54, 1.807) is 0 Å². The average Bonchev–Trinajstić information content (AvgIpc) is 2.43. The number of rotatable bonds is 2. The maximum absolute atomic E-state index is 5.56. The Morgan fingerprint density at radius 1 is 1.38 bits per heavy atom. The highest BCUT2D eigenvalue weighted by Gasteiger charge is 2.49. The van der Waals surface area contributed by atoms with Gasteiger partial charge in [-0.05, 0) is 6.42 Å². The Labute approximate surface area is 49.2 Å². The van der Waals surface area contributed by atoms with Gasteiger partial charge < -0.3 is 17.2 Å². The predicted molar refractivity (Wildman–Crippen MR) is 33.1 cm³/mol. The lowest BCUT2D eigenvalue weighted by atomic mass is 10.1. The van der Waals surface area contributed by atoms with Gasteiger partial charge >= 0.3 is 0 Å². The van der Waals surface area contributed by atoms with Crippen molar-refractivity contribution in [3.8, 4) is 0 Å². The van der Waals surface area contributed by atoms with E-state index < -0.39 is 0 Å². The fraction of sp³-hybridized carbons (Fsp3) is 1.00. The molecular formula is C5H13N3. The second-order valence-corrected chi connectivity index (χ2v) is 2.58. The molecule has 3 heteroatoms. The van der Waals surface area contributed by atoms with Gasteiger partial charge in [0.2, 0.25) is 0 Å². The molecule has 1 atom stereocenters. The minimum atomic E-state index is 0.125. The Morgan fingerprint density at radius 2 is 1.75 bits per heavy atom. The van der Waals surface area contributed by atoms with Crippen molar-refractivity contribution < 1.29 is 0 Å². The third-order valence-corrected chi connectivity index (χ3v) is 2.07. The van der Waals surface area contributed by atoms with Crippen molar-refractivity contribution in [1.29, 1.82) is 0 Å². The lowest BCUT2D eigenvalue weighted by molar-refractivity contribution is 0.515. The Balaban J connectivity index is 2.39. The molecule has 0 amide bonds. The van der Waals surface area contributed by atoms with E-state index in [1.807, 2.05) is 0 Å². The highest BCUT2D eigenvalue weighted by atomic mass is 14.9. The fourth-order valence-electron chi connectivity index (χ4n) is 0.932. The van der Waals surface area contributed by atoms with Gasteiger partial charge in [0.05, 0.1) is 0 Å². The standard InChI is InChI=1S/C5H13N3/c6-2-5(3-7)1-4(5)8/h4H,1-3,6-8H2. The maximum Gasteiger partial charge on any atom is 0.0127 e. The first kappa shape index (κ1) is 6.01. The molecule has 48 valence electrons. The summed E-state index contributed by atoms with van der Waals surface area (Å²) in [6.07, 6.45) is 1.01. The van der Waals surface area contributed by atoms with E-state index in [4.69, 9.17) is 17.2 Å². The number of hydrogen-bond acceptors (Lipinski definition) is 3. The van der Waals surface area contributed by atoms with E-state index in [1.165, 1.54) is 0 Å². The predicted octanol–water partition coefficient (Wildman–Crippen LogP) is -1.38. The Bertz CT molecular complexity index is 82.2. The highest BCUT2D eigenvalue weighted by molar-refractivity contribution is 5.07. The van der Waals surface area contributed by atoms with Gasteiger partial charge in [0, 0.05) is 24.5 Å². The smallest absolute Gasteiger partial charge is 0.0127 e. The van der Waals surface area contributed by atoms with Crippen LogP contribution in [0.2, 0.25) is 0 Å². The summed E-state index contributed by atoms with van der Waals surface area (Å²) in [5.74, 6) is 0. The largest absolute Gasteiger partial charge is 0.330 e. The summed E-state index contributed by atoms with van der Waals surface area (Å²) < 4.78 is 0. The van der Waals surface area contributed by atoms with Crippen LogP contribution in [0.1, 0.15) is 6.42 Å². The van der Waals surface area contributed by atoms with E-state index in [0.717, 1.165) is 6.42 Å². The zero-order chi connectivity index (χ0) is 6.20. The van der Waals surface area contributed by atoms with Gasteiger partial charge in [0.15, 0.2) is 0 Å². The van der Waals surface area contributed by atoms with Crippen molar-refractivity contribution in [2.45, 2.75) is 12.5 Å². The SMILES string of the molecule is NCC1(CN)CC1N. The summed E-state index contributed by atoms with van der Waals surface area (Å²) in [5, 5.41) is 0. The summed E-state index contributed by atoms with van der Waals surface area (Å²) in [5.41, 5.74) is 16.5. The average molecular weight is 115 g/mol. The molecular weight excluding hydrogens is 102 g/mol. The normalized spacial score (nSPS) is 32.6. The number of hydrogen-bond donors (Lipinski definition) is 3. The zero-order valence-corrected chi connectivity index (χ0v) is 4.93. The number of nitrogens with two attached hydrogens (primary N) is 3. The molecule has 0 spiro atoms. The van der Waals surface area contributed by atoms with Crippen LogP contribution < -0.4 is 17.2 Å². The molecule has 0 aromatic heterocycles. The van der Waals surface area contributed by atoms with Crippen molar-refractivity contribution in [1.82, 2.24) is 0 Å². The molecule has 6 N–H and O–H groups in total. The molecule has 3 nitrogen and oxygen atoms in total. The quantitative estimate of drug-likeness (QED) is 0.415. The van der Waals surface area contributed by atoms with Gasteiger partial charge in [0.25, 0.3) is 0 Å². The first-order valence-corrected chi connectivity index (χ1v) is 2.91. The summed E-state index contributed by atoms with van der Waals surface area (Å²) >= 11 is 0. The molecule has 0 saturated heterocycles. The van der Waals surface area contributed by atoms with E-state index in [9.17, 15) is 0 Å². The third kappa shape index (κ3) is 0.632. The summed E-state index contributed by atoms with van der Waals surface area (Å²) in [6.45, 7) is 1.29. The molecule has 1 fully saturated rings. The first-order chi connectivity index (χ1) is 3.75. The van der Waals surface area contributed by atoms with Gasteiger partial charge in [-0.3, -0.25) is 0 Å². The third-order valence-electron chi connectivity index (χ3n) is 2.07. The second kappa shape index (κ2) is 1.69. The van der Waals surface area contributed by atoms with Crippen LogP contribution >= 0.6 is 0 Å². The van der Waals surface area contributed by atoms with Crippen molar-refractivity contribution in [3.63, 3.8) is 0 Å². The molecule has 0 aromatic carbocycles. The highest BCUT2D eigenvalue weighted by Crippen LogP contribution is 2.41.